The minimum atomic E-state index is 0.516. The third-order valence-corrected chi connectivity index (χ3v) is 7.07. The fourth-order valence-corrected chi connectivity index (χ4v) is 4.40. The zero-order valence-corrected chi connectivity index (χ0v) is 30.6. The summed E-state index contributed by atoms with van der Waals surface area (Å²) in [6.45, 7) is 17.0. The highest BCUT2D eigenvalue weighted by Gasteiger charge is 1.99. The van der Waals surface area contributed by atoms with Crippen LogP contribution in [-0.2, 0) is 53.8 Å². The van der Waals surface area contributed by atoms with Gasteiger partial charge in [0.25, 0.3) is 0 Å². The van der Waals surface area contributed by atoms with Crippen molar-refractivity contribution >= 4 is 0 Å². The Bertz CT molecular complexity index is 781. The normalized spacial score (nSPS) is 11.4. The highest BCUT2D eigenvalue weighted by atomic mass is 16.6. The van der Waals surface area contributed by atoms with Crippen LogP contribution in [0, 0.1) is 0 Å². The second-order valence-electron chi connectivity index (χ2n) is 11.2. The van der Waals surface area contributed by atoms with Gasteiger partial charge in [-0.25, -0.2) is 0 Å². The summed E-state index contributed by atoms with van der Waals surface area (Å²) in [4.78, 5) is 0. The van der Waals surface area contributed by atoms with Crippen molar-refractivity contribution in [2.24, 2.45) is 0 Å². The molecule has 0 saturated carbocycles. The molecule has 49 heavy (non-hydrogen) atoms. The fourth-order valence-electron chi connectivity index (χ4n) is 4.40. The molecule has 0 saturated heterocycles. The van der Waals surface area contributed by atoms with Gasteiger partial charge in [0.05, 0.1) is 132 Å². The molecule has 0 unspecified atom stereocenters. The highest BCUT2D eigenvalue weighted by molar-refractivity contribution is 5.27. The molecule has 0 amide bonds. The van der Waals surface area contributed by atoms with Crippen molar-refractivity contribution in [1.29, 1.82) is 0 Å². The molecule has 0 heterocycles. The van der Waals surface area contributed by atoms with Gasteiger partial charge < -0.3 is 52.1 Å². The maximum absolute atomic E-state index is 5.78. The van der Waals surface area contributed by atoms with Crippen molar-refractivity contribution in [3.63, 3.8) is 0 Å². The quantitative estimate of drug-likeness (QED) is 0.0620. The first-order chi connectivity index (χ1) is 24.4. The predicted octanol–water partition coefficient (Wildman–Crippen LogP) is 5.71. The summed E-state index contributed by atoms with van der Waals surface area (Å²) in [5, 5.41) is 0. The molecule has 286 valence electrons. The molecule has 0 radical (unpaired) electrons. The summed E-state index contributed by atoms with van der Waals surface area (Å²) in [7, 11) is 0. The van der Waals surface area contributed by atoms with Crippen molar-refractivity contribution in [1.82, 2.24) is 0 Å². The first-order valence-electron chi connectivity index (χ1n) is 18.5. The lowest BCUT2D eigenvalue weighted by Crippen LogP contribution is -2.15. The molecule has 0 aliphatic carbocycles. The summed E-state index contributed by atoms with van der Waals surface area (Å²) in [5.74, 6) is 0.888. The van der Waals surface area contributed by atoms with Crippen LogP contribution in [0.4, 0.5) is 0 Å². The van der Waals surface area contributed by atoms with E-state index in [9.17, 15) is 0 Å². The van der Waals surface area contributed by atoms with Crippen molar-refractivity contribution in [2.45, 2.75) is 58.3 Å². The number of benzene rings is 1. The van der Waals surface area contributed by atoms with E-state index < -0.39 is 0 Å². The van der Waals surface area contributed by atoms with Crippen LogP contribution in [0.25, 0.3) is 0 Å². The maximum Gasteiger partial charge on any atom is 0.119 e. The van der Waals surface area contributed by atoms with Crippen LogP contribution in [0.1, 0.15) is 57.4 Å². The van der Waals surface area contributed by atoms with Crippen LogP contribution in [0.3, 0.4) is 0 Å². The largest absolute Gasteiger partial charge is 0.491 e. The number of unbranched alkanes of at least 4 members (excludes halogenated alkanes) is 6. The monoisotopic (exact) mass is 700 g/mol. The molecule has 0 atom stereocenters. The highest BCUT2D eigenvalue weighted by Crippen LogP contribution is 2.15. The molecule has 1 rings (SSSR count). The summed E-state index contributed by atoms with van der Waals surface area (Å²) in [6, 6.07) is 8.45. The van der Waals surface area contributed by atoms with Gasteiger partial charge in [0.1, 0.15) is 12.4 Å². The summed E-state index contributed by atoms with van der Waals surface area (Å²) in [5.41, 5.74) is 1.38. The van der Waals surface area contributed by atoms with Gasteiger partial charge in [-0.3, -0.25) is 0 Å². The van der Waals surface area contributed by atoms with E-state index in [0.717, 1.165) is 12.2 Å². The third-order valence-electron chi connectivity index (χ3n) is 7.07. The zero-order valence-electron chi connectivity index (χ0n) is 30.6. The molecule has 0 aliphatic heterocycles. The Labute approximate surface area is 297 Å². The average molecular weight is 701 g/mol. The van der Waals surface area contributed by atoms with E-state index in [-0.39, 0.29) is 0 Å². The molecule has 11 nitrogen and oxygen atoms in total. The first-order valence-corrected chi connectivity index (χ1v) is 18.5. The molecule has 0 aliphatic rings. The lowest BCUT2D eigenvalue weighted by Gasteiger charge is -2.09. The van der Waals surface area contributed by atoms with Gasteiger partial charge in [0.15, 0.2) is 0 Å². The first kappa shape index (κ1) is 45.4. The van der Waals surface area contributed by atoms with Gasteiger partial charge >= 0.3 is 0 Å². The van der Waals surface area contributed by atoms with E-state index in [1.54, 1.807) is 6.08 Å². The number of ether oxygens (including phenoxy) is 11. The van der Waals surface area contributed by atoms with Crippen LogP contribution in [-0.4, -0.2) is 139 Å². The van der Waals surface area contributed by atoms with E-state index in [1.807, 2.05) is 0 Å². The molecule has 11 heteroatoms. The van der Waals surface area contributed by atoms with Gasteiger partial charge in [-0.15, -0.1) is 6.58 Å². The molecular formula is C38H68O11. The maximum atomic E-state index is 5.78. The molecule has 0 bridgehead atoms. The molecular weight excluding hydrogens is 632 g/mol. The molecule has 0 fully saturated rings. The van der Waals surface area contributed by atoms with Crippen LogP contribution < -0.4 is 4.74 Å². The standard InChI is InChI=1S/C38H68O11/c1-3-5-6-7-8-9-10-11-37-12-14-38(15-13-37)49-36-35-48-34-33-47-32-31-46-30-29-45-28-27-44-26-25-43-24-23-42-22-21-41-20-19-40-18-17-39-16-4-2/h4,12-15H,2-3,5-11,16-36H2,1H3. The lowest BCUT2D eigenvalue weighted by molar-refractivity contribution is -0.0264. The summed E-state index contributed by atoms with van der Waals surface area (Å²) < 4.78 is 60.4. The van der Waals surface area contributed by atoms with E-state index in [2.05, 4.69) is 37.8 Å². The number of rotatable bonds is 41. The Balaban J connectivity index is 1.70. The van der Waals surface area contributed by atoms with Crippen LogP contribution in [0.2, 0.25) is 0 Å². The Hall–Kier alpha value is -1.64. The molecule has 1 aromatic carbocycles. The Morgan fingerprint density at radius 1 is 0.408 bits per heavy atom. The second-order valence-corrected chi connectivity index (χ2v) is 11.2. The van der Waals surface area contributed by atoms with Crippen LogP contribution in [0.15, 0.2) is 36.9 Å². The van der Waals surface area contributed by atoms with E-state index in [1.165, 1.54) is 50.5 Å². The smallest absolute Gasteiger partial charge is 0.119 e. The zero-order chi connectivity index (χ0) is 35.0. The van der Waals surface area contributed by atoms with Crippen LogP contribution >= 0.6 is 0 Å². The Morgan fingerprint density at radius 2 is 0.735 bits per heavy atom. The summed E-state index contributed by atoms with van der Waals surface area (Å²) >= 11 is 0. The van der Waals surface area contributed by atoms with Gasteiger partial charge in [0, 0.05) is 0 Å². The van der Waals surface area contributed by atoms with Crippen molar-refractivity contribution in [2.75, 3.05) is 139 Å². The SMILES string of the molecule is C=CCOCCOCCOCCOCCOCCOCCOCCOCCOCCOCCOc1ccc(CCCCCCCCC)cc1. The minimum Gasteiger partial charge on any atom is -0.491 e. The van der Waals surface area contributed by atoms with E-state index in [4.69, 9.17) is 52.1 Å². The lowest BCUT2D eigenvalue weighted by atomic mass is 10.0. The molecule has 1 aromatic rings. The Kier molecular flexibility index (Phi) is 36.3. The van der Waals surface area contributed by atoms with Crippen molar-refractivity contribution in [3.8, 4) is 5.75 Å². The number of hydrogen-bond donors (Lipinski definition) is 0. The van der Waals surface area contributed by atoms with Crippen molar-refractivity contribution in [3.05, 3.63) is 42.5 Å². The number of aryl methyl sites for hydroxylation is 1. The number of hydrogen-bond acceptors (Lipinski definition) is 11. The second kappa shape index (κ2) is 39.2. The van der Waals surface area contributed by atoms with Crippen LogP contribution in [0.5, 0.6) is 5.75 Å². The topological polar surface area (TPSA) is 102 Å². The predicted molar refractivity (Wildman–Crippen MR) is 192 cm³/mol. The van der Waals surface area contributed by atoms with Crippen molar-refractivity contribution < 1.29 is 52.1 Å². The minimum absolute atomic E-state index is 0.516. The van der Waals surface area contributed by atoms with Gasteiger partial charge in [0.2, 0.25) is 0 Å². The van der Waals surface area contributed by atoms with E-state index in [0.29, 0.717) is 139 Å². The van der Waals surface area contributed by atoms with Gasteiger partial charge in [-0.05, 0) is 30.5 Å². The molecule has 0 N–H and O–H groups in total. The average Bonchev–Trinajstić information content (AvgIpc) is 3.12. The summed E-state index contributed by atoms with van der Waals surface area (Å²) in [6.07, 6.45) is 12.2. The molecule has 0 spiro atoms. The van der Waals surface area contributed by atoms with Gasteiger partial charge in [-0.1, -0.05) is 63.7 Å². The Morgan fingerprint density at radius 3 is 1.10 bits per heavy atom. The third kappa shape index (κ3) is 34.6. The van der Waals surface area contributed by atoms with E-state index >= 15 is 0 Å². The van der Waals surface area contributed by atoms with Gasteiger partial charge in [-0.2, -0.15) is 0 Å². The fraction of sp³-hybridized carbons (Fsp3) is 0.789. The molecule has 0 aromatic heterocycles.